The van der Waals surface area contributed by atoms with Crippen LogP contribution in [0.1, 0.15) is 43.4 Å². The number of rotatable bonds is 7. The van der Waals surface area contributed by atoms with E-state index >= 15 is 0 Å². The molecule has 2 atom stereocenters. The van der Waals surface area contributed by atoms with Gasteiger partial charge < -0.3 is 10.6 Å². The van der Waals surface area contributed by atoms with Crippen LogP contribution in [0.2, 0.25) is 0 Å². The molecule has 0 spiro atoms. The molecular formula is C20H28N2. The van der Waals surface area contributed by atoms with E-state index in [-0.39, 0.29) is 11.6 Å². The van der Waals surface area contributed by atoms with E-state index in [0.29, 0.717) is 0 Å². The number of hydrogen-bond donors (Lipinski definition) is 1. The first-order chi connectivity index (χ1) is 10.6. The van der Waals surface area contributed by atoms with Gasteiger partial charge in [0.25, 0.3) is 0 Å². The third kappa shape index (κ3) is 3.57. The van der Waals surface area contributed by atoms with Crippen LogP contribution < -0.4 is 5.73 Å². The van der Waals surface area contributed by atoms with Crippen LogP contribution in [0.15, 0.2) is 60.7 Å². The molecule has 0 saturated carbocycles. The van der Waals surface area contributed by atoms with E-state index in [1.807, 2.05) is 0 Å². The van der Waals surface area contributed by atoms with Crippen molar-refractivity contribution < 1.29 is 0 Å². The fraction of sp³-hybridized carbons (Fsp3) is 0.400. The van der Waals surface area contributed by atoms with Crippen LogP contribution in [0.4, 0.5) is 0 Å². The Labute approximate surface area is 135 Å². The van der Waals surface area contributed by atoms with Gasteiger partial charge in [-0.25, -0.2) is 0 Å². The highest BCUT2D eigenvalue weighted by molar-refractivity contribution is 5.32. The zero-order valence-electron chi connectivity index (χ0n) is 14.0. The van der Waals surface area contributed by atoms with Crippen LogP contribution in [-0.2, 0) is 5.54 Å². The highest BCUT2D eigenvalue weighted by Gasteiger charge is 2.38. The molecule has 0 saturated heterocycles. The van der Waals surface area contributed by atoms with Gasteiger partial charge in [0.05, 0.1) is 11.6 Å². The largest absolute Gasteiger partial charge is 0.320 e. The lowest BCUT2D eigenvalue weighted by molar-refractivity contribution is 0.164. The summed E-state index contributed by atoms with van der Waals surface area (Å²) in [7, 11) is 4.24. The summed E-state index contributed by atoms with van der Waals surface area (Å²) in [5, 5.41) is 0. The lowest BCUT2D eigenvalue weighted by Gasteiger charge is -2.42. The minimum Gasteiger partial charge on any atom is -0.320 e. The fourth-order valence-electron chi connectivity index (χ4n) is 3.35. The topological polar surface area (TPSA) is 29.3 Å². The summed E-state index contributed by atoms with van der Waals surface area (Å²) in [5.74, 6) is 0. The minimum atomic E-state index is -0.387. The van der Waals surface area contributed by atoms with Crippen molar-refractivity contribution in [3.8, 4) is 0 Å². The zero-order valence-corrected chi connectivity index (χ0v) is 14.0. The lowest BCUT2D eigenvalue weighted by Crippen LogP contribution is -2.48. The average Bonchev–Trinajstić information content (AvgIpc) is 2.54. The number of nitrogens with zero attached hydrogens (tertiary/aromatic N) is 1. The quantitative estimate of drug-likeness (QED) is 0.824. The highest BCUT2D eigenvalue weighted by atomic mass is 15.1. The van der Waals surface area contributed by atoms with Gasteiger partial charge in [0.2, 0.25) is 0 Å². The molecular weight excluding hydrogens is 268 g/mol. The van der Waals surface area contributed by atoms with Gasteiger partial charge in [-0.3, -0.25) is 0 Å². The molecule has 2 N–H and O–H groups in total. The molecule has 0 radical (unpaired) electrons. The Morgan fingerprint density at radius 1 is 0.955 bits per heavy atom. The van der Waals surface area contributed by atoms with Crippen molar-refractivity contribution in [2.75, 3.05) is 14.1 Å². The van der Waals surface area contributed by atoms with E-state index in [1.54, 1.807) is 0 Å². The standard InChI is InChI=1S/C20H28N2/c1-4-5-16-20(21,18-14-10-7-11-15-18)19(22(2)3)17-12-8-6-9-13-17/h6-15,19H,4-5,16,21H2,1-3H3. The van der Waals surface area contributed by atoms with Crippen molar-refractivity contribution >= 4 is 0 Å². The monoisotopic (exact) mass is 296 g/mol. The van der Waals surface area contributed by atoms with Crippen LogP contribution in [0.5, 0.6) is 0 Å². The molecule has 2 nitrogen and oxygen atoms in total. The Morgan fingerprint density at radius 2 is 1.50 bits per heavy atom. The summed E-state index contributed by atoms with van der Waals surface area (Å²) in [6, 6.07) is 21.3. The van der Waals surface area contributed by atoms with Gasteiger partial charge in [0, 0.05) is 0 Å². The second-order valence-corrected chi connectivity index (χ2v) is 6.29. The second-order valence-electron chi connectivity index (χ2n) is 6.29. The smallest absolute Gasteiger partial charge is 0.0609 e. The van der Waals surface area contributed by atoms with E-state index in [4.69, 9.17) is 5.73 Å². The Morgan fingerprint density at radius 3 is 2.00 bits per heavy atom. The number of unbranched alkanes of at least 4 members (excludes halogenated alkanes) is 1. The third-order valence-corrected chi connectivity index (χ3v) is 4.37. The van der Waals surface area contributed by atoms with E-state index in [0.717, 1.165) is 19.3 Å². The first-order valence-corrected chi connectivity index (χ1v) is 8.15. The van der Waals surface area contributed by atoms with Crippen molar-refractivity contribution in [3.63, 3.8) is 0 Å². The first kappa shape index (κ1) is 16.7. The SMILES string of the molecule is CCCCC(N)(c1ccccc1)C(c1ccccc1)N(C)C. The molecule has 0 aromatic heterocycles. The van der Waals surface area contributed by atoms with E-state index in [2.05, 4.69) is 86.6 Å². The molecule has 22 heavy (non-hydrogen) atoms. The molecule has 118 valence electrons. The molecule has 0 fully saturated rings. The van der Waals surface area contributed by atoms with Crippen LogP contribution in [0.3, 0.4) is 0 Å². The highest BCUT2D eigenvalue weighted by Crippen LogP contribution is 2.40. The Hall–Kier alpha value is -1.64. The van der Waals surface area contributed by atoms with Gasteiger partial charge in [0.15, 0.2) is 0 Å². The predicted molar refractivity (Wildman–Crippen MR) is 94.7 cm³/mol. The molecule has 2 aromatic carbocycles. The third-order valence-electron chi connectivity index (χ3n) is 4.37. The Balaban J connectivity index is 2.50. The Bertz CT molecular complexity index is 550. The normalized spacial score (nSPS) is 15.5. The van der Waals surface area contributed by atoms with Crippen molar-refractivity contribution in [2.45, 2.75) is 37.8 Å². The zero-order chi connectivity index (χ0) is 16.0. The van der Waals surface area contributed by atoms with E-state index < -0.39 is 0 Å². The van der Waals surface area contributed by atoms with Crippen LogP contribution in [0, 0.1) is 0 Å². The number of benzene rings is 2. The summed E-state index contributed by atoms with van der Waals surface area (Å²) >= 11 is 0. The molecule has 2 heteroatoms. The van der Waals surface area contributed by atoms with Crippen molar-refractivity contribution in [1.29, 1.82) is 0 Å². The molecule has 0 aliphatic carbocycles. The minimum absolute atomic E-state index is 0.155. The van der Waals surface area contributed by atoms with Crippen molar-refractivity contribution in [3.05, 3.63) is 71.8 Å². The molecule has 0 aliphatic heterocycles. The molecule has 2 rings (SSSR count). The summed E-state index contributed by atoms with van der Waals surface area (Å²) in [5.41, 5.74) is 9.14. The van der Waals surface area contributed by atoms with Gasteiger partial charge in [-0.2, -0.15) is 0 Å². The van der Waals surface area contributed by atoms with Crippen molar-refractivity contribution in [1.82, 2.24) is 4.90 Å². The van der Waals surface area contributed by atoms with Crippen molar-refractivity contribution in [2.24, 2.45) is 5.73 Å². The second kappa shape index (κ2) is 7.57. The predicted octanol–water partition coefficient (Wildman–Crippen LogP) is 4.33. The molecule has 0 aliphatic rings. The fourth-order valence-corrected chi connectivity index (χ4v) is 3.35. The van der Waals surface area contributed by atoms with E-state index in [9.17, 15) is 0 Å². The molecule has 2 unspecified atom stereocenters. The van der Waals surface area contributed by atoms with Gasteiger partial charge in [0.1, 0.15) is 0 Å². The average molecular weight is 296 g/mol. The van der Waals surface area contributed by atoms with Gasteiger partial charge in [-0.1, -0.05) is 80.4 Å². The molecule has 0 bridgehead atoms. The summed E-state index contributed by atoms with van der Waals surface area (Å²) in [6.07, 6.45) is 3.26. The van der Waals surface area contributed by atoms with Crippen LogP contribution in [0.25, 0.3) is 0 Å². The number of likely N-dealkylation sites (N-methyl/N-ethyl adjacent to an activating group) is 1. The van der Waals surface area contributed by atoms with Gasteiger partial charge in [-0.05, 0) is 31.6 Å². The summed E-state index contributed by atoms with van der Waals surface area (Å²) < 4.78 is 0. The summed E-state index contributed by atoms with van der Waals surface area (Å²) in [4.78, 5) is 2.25. The van der Waals surface area contributed by atoms with E-state index in [1.165, 1.54) is 11.1 Å². The van der Waals surface area contributed by atoms with Gasteiger partial charge >= 0.3 is 0 Å². The lowest BCUT2D eigenvalue weighted by atomic mass is 9.76. The number of hydrogen-bond acceptors (Lipinski definition) is 2. The molecule has 0 heterocycles. The van der Waals surface area contributed by atoms with Gasteiger partial charge in [-0.15, -0.1) is 0 Å². The maximum atomic E-state index is 7.04. The molecule has 0 amide bonds. The van der Waals surface area contributed by atoms with Crippen LogP contribution in [-0.4, -0.2) is 19.0 Å². The maximum Gasteiger partial charge on any atom is 0.0609 e. The molecule has 2 aromatic rings. The van der Waals surface area contributed by atoms with Crippen LogP contribution >= 0.6 is 0 Å². The first-order valence-electron chi connectivity index (χ1n) is 8.15. The maximum absolute atomic E-state index is 7.04. The summed E-state index contributed by atoms with van der Waals surface area (Å²) in [6.45, 7) is 2.22. The number of nitrogens with two attached hydrogens (primary N) is 1. The Kier molecular flexibility index (Phi) is 5.76.